The number of nitrogens with one attached hydrogen (secondary N) is 1. The molecule has 24 heavy (non-hydrogen) atoms. The number of halogens is 1. The summed E-state index contributed by atoms with van der Waals surface area (Å²) < 4.78 is 0. The van der Waals surface area contributed by atoms with Gasteiger partial charge in [-0.15, -0.1) is 11.8 Å². The van der Waals surface area contributed by atoms with Crippen LogP contribution in [0.4, 0.5) is 5.69 Å². The highest BCUT2D eigenvalue weighted by molar-refractivity contribution is 7.98. The standard InChI is InChI=1S/C19H21ClN2OS/c1-13(9-14-5-7-16(24-4)11-21-14)22-15-6-8-17(18(20)10-15)19(2,3)12-23/h5-8,10-12,22H,1,9H2,2-4H3. The summed E-state index contributed by atoms with van der Waals surface area (Å²) in [6.07, 6.45) is 5.43. The lowest BCUT2D eigenvalue weighted by molar-refractivity contribution is -0.111. The number of thioether (sulfide) groups is 1. The van der Waals surface area contributed by atoms with Crippen molar-refractivity contribution in [2.75, 3.05) is 11.6 Å². The molecule has 3 nitrogen and oxygen atoms in total. The van der Waals surface area contributed by atoms with E-state index in [1.165, 1.54) is 0 Å². The molecule has 0 spiro atoms. The Morgan fingerprint density at radius 3 is 2.67 bits per heavy atom. The first-order valence-electron chi connectivity index (χ1n) is 7.56. The van der Waals surface area contributed by atoms with E-state index in [1.54, 1.807) is 11.8 Å². The van der Waals surface area contributed by atoms with Gasteiger partial charge >= 0.3 is 0 Å². The van der Waals surface area contributed by atoms with E-state index in [0.29, 0.717) is 11.4 Å². The molecule has 0 bridgehead atoms. The third-order valence-corrected chi connectivity index (χ3v) is 4.73. The molecule has 1 N–H and O–H groups in total. The SMILES string of the molecule is C=C(Cc1ccc(SC)cn1)Nc1ccc(C(C)(C)C=O)c(Cl)c1. The second-order valence-corrected chi connectivity index (χ2v) is 7.42. The number of carbonyl (C=O) groups excluding carboxylic acids is 1. The number of carbonyl (C=O) groups is 1. The molecule has 5 heteroatoms. The Kier molecular flexibility index (Phi) is 6.08. The van der Waals surface area contributed by atoms with Crippen molar-refractivity contribution in [1.29, 1.82) is 0 Å². The van der Waals surface area contributed by atoms with E-state index < -0.39 is 5.41 Å². The predicted octanol–water partition coefficient (Wildman–Crippen LogP) is 5.10. The Morgan fingerprint density at radius 2 is 2.12 bits per heavy atom. The summed E-state index contributed by atoms with van der Waals surface area (Å²) in [5.74, 6) is 0. The van der Waals surface area contributed by atoms with Crippen LogP contribution in [0.5, 0.6) is 0 Å². The number of benzene rings is 1. The van der Waals surface area contributed by atoms with E-state index in [9.17, 15) is 4.79 Å². The molecule has 0 saturated heterocycles. The summed E-state index contributed by atoms with van der Waals surface area (Å²) >= 11 is 7.99. The summed E-state index contributed by atoms with van der Waals surface area (Å²) in [6.45, 7) is 7.74. The van der Waals surface area contributed by atoms with Crippen LogP contribution in [0.3, 0.4) is 0 Å². The van der Waals surface area contributed by atoms with Crippen molar-refractivity contribution in [2.24, 2.45) is 0 Å². The average Bonchev–Trinajstić information content (AvgIpc) is 2.55. The van der Waals surface area contributed by atoms with Crippen LogP contribution >= 0.6 is 23.4 Å². The van der Waals surface area contributed by atoms with Gasteiger partial charge in [-0.1, -0.05) is 24.2 Å². The van der Waals surface area contributed by atoms with Gasteiger partial charge in [-0.25, -0.2) is 0 Å². The van der Waals surface area contributed by atoms with Crippen LogP contribution in [0.2, 0.25) is 5.02 Å². The van der Waals surface area contributed by atoms with Crippen LogP contribution in [0, 0.1) is 0 Å². The molecule has 1 aromatic carbocycles. The van der Waals surface area contributed by atoms with Crippen LogP contribution in [0.25, 0.3) is 0 Å². The van der Waals surface area contributed by atoms with Crippen LogP contribution in [-0.2, 0) is 16.6 Å². The lowest BCUT2D eigenvalue weighted by Crippen LogP contribution is -2.19. The fourth-order valence-corrected chi connectivity index (χ4v) is 3.07. The van der Waals surface area contributed by atoms with Crippen molar-refractivity contribution in [1.82, 2.24) is 4.98 Å². The molecule has 0 amide bonds. The van der Waals surface area contributed by atoms with E-state index in [0.717, 1.165) is 33.8 Å². The maximum atomic E-state index is 11.2. The molecule has 0 aliphatic heterocycles. The van der Waals surface area contributed by atoms with E-state index in [4.69, 9.17) is 11.6 Å². The normalized spacial score (nSPS) is 11.2. The Balaban J connectivity index is 2.06. The number of rotatable bonds is 7. The number of anilines is 1. The topological polar surface area (TPSA) is 42.0 Å². The molecular formula is C19H21ClN2OS. The van der Waals surface area contributed by atoms with Crippen molar-refractivity contribution in [3.8, 4) is 0 Å². The minimum absolute atomic E-state index is 0.562. The van der Waals surface area contributed by atoms with Gasteiger partial charge in [0.2, 0.25) is 0 Å². The minimum Gasteiger partial charge on any atom is -0.359 e. The van der Waals surface area contributed by atoms with Crippen LogP contribution in [0.15, 0.2) is 53.7 Å². The molecule has 0 fully saturated rings. The third kappa shape index (κ3) is 4.62. The highest BCUT2D eigenvalue weighted by Crippen LogP contribution is 2.31. The number of hydrogen-bond donors (Lipinski definition) is 1. The highest BCUT2D eigenvalue weighted by Gasteiger charge is 2.22. The highest BCUT2D eigenvalue weighted by atomic mass is 35.5. The summed E-state index contributed by atoms with van der Waals surface area (Å²) in [5.41, 5.74) is 2.84. The van der Waals surface area contributed by atoms with E-state index in [1.807, 2.05) is 56.6 Å². The Hall–Kier alpha value is -1.78. The van der Waals surface area contributed by atoms with E-state index >= 15 is 0 Å². The quantitative estimate of drug-likeness (QED) is 0.550. The van der Waals surface area contributed by atoms with Gasteiger partial charge in [0, 0.05) is 45.0 Å². The van der Waals surface area contributed by atoms with Crippen molar-refractivity contribution in [2.45, 2.75) is 30.6 Å². The summed E-state index contributed by atoms with van der Waals surface area (Å²) in [6, 6.07) is 9.64. The summed E-state index contributed by atoms with van der Waals surface area (Å²) in [5, 5.41) is 3.81. The van der Waals surface area contributed by atoms with Gasteiger partial charge in [-0.05, 0) is 49.9 Å². The van der Waals surface area contributed by atoms with Gasteiger partial charge in [-0.2, -0.15) is 0 Å². The van der Waals surface area contributed by atoms with Gasteiger partial charge in [0.05, 0.1) is 0 Å². The number of allylic oxidation sites excluding steroid dienone is 1. The van der Waals surface area contributed by atoms with E-state index in [2.05, 4.69) is 16.9 Å². The number of pyridine rings is 1. The average molecular weight is 361 g/mol. The third-order valence-electron chi connectivity index (χ3n) is 3.71. The van der Waals surface area contributed by atoms with Crippen LogP contribution < -0.4 is 5.32 Å². The monoisotopic (exact) mass is 360 g/mol. The molecule has 1 heterocycles. The second kappa shape index (κ2) is 7.86. The van der Waals surface area contributed by atoms with Gasteiger partial charge in [0.15, 0.2) is 0 Å². The predicted molar refractivity (Wildman–Crippen MR) is 103 cm³/mol. The Labute approximate surface area is 152 Å². The van der Waals surface area contributed by atoms with Crippen molar-refractivity contribution >= 4 is 35.3 Å². The molecule has 0 atom stereocenters. The maximum Gasteiger partial charge on any atom is 0.130 e. The summed E-state index contributed by atoms with van der Waals surface area (Å²) in [4.78, 5) is 16.8. The molecule has 2 rings (SSSR count). The minimum atomic E-state index is -0.602. The Bertz CT molecular complexity index is 742. The molecular weight excluding hydrogens is 340 g/mol. The fourth-order valence-electron chi connectivity index (χ4n) is 2.28. The fraction of sp³-hybridized carbons (Fsp3) is 0.263. The zero-order valence-electron chi connectivity index (χ0n) is 14.1. The zero-order valence-corrected chi connectivity index (χ0v) is 15.7. The first-order valence-corrected chi connectivity index (χ1v) is 9.16. The van der Waals surface area contributed by atoms with Gasteiger partial charge in [0.1, 0.15) is 6.29 Å². The van der Waals surface area contributed by atoms with Crippen LogP contribution in [0.1, 0.15) is 25.1 Å². The van der Waals surface area contributed by atoms with Gasteiger partial charge in [0.25, 0.3) is 0 Å². The van der Waals surface area contributed by atoms with Crippen molar-refractivity contribution < 1.29 is 4.79 Å². The Morgan fingerprint density at radius 1 is 1.38 bits per heavy atom. The largest absolute Gasteiger partial charge is 0.359 e. The number of hydrogen-bond acceptors (Lipinski definition) is 4. The zero-order chi connectivity index (χ0) is 17.7. The van der Waals surface area contributed by atoms with Crippen LogP contribution in [-0.4, -0.2) is 17.5 Å². The van der Waals surface area contributed by atoms with E-state index in [-0.39, 0.29) is 0 Å². The molecule has 126 valence electrons. The molecule has 1 aromatic heterocycles. The lowest BCUT2D eigenvalue weighted by atomic mass is 9.86. The number of aldehydes is 1. The first-order chi connectivity index (χ1) is 11.4. The van der Waals surface area contributed by atoms with Crippen molar-refractivity contribution in [3.63, 3.8) is 0 Å². The maximum absolute atomic E-state index is 11.2. The van der Waals surface area contributed by atoms with Gasteiger partial charge < -0.3 is 10.1 Å². The smallest absolute Gasteiger partial charge is 0.130 e. The lowest BCUT2D eigenvalue weighted by Gasteiger charge is -2.20. The summed E-state index contributed by atoms with van der Waals surface area (Å²) in [7, 11) is 0. The molecule has 0 aliphatic rings. The molecule has 0 saturated carbocycles. The number of nitrogens with zero attached hydrogens (tertiary/aromatic N) is 1. The molecule has 0 aliphatic carbocycles. The first kappa shape index (κ1) is 18.6. The van der Waals surface area contributed by atoms with Gasteiger partial charge in [-0.3, -0.25) is 4.98 Å². The number of aromatic nitrogens is 1. The second-order valence-electron chi connectivity index (χ2n) is 6.13. The molecule has 0 unspecified atom stereocenters. The molecule has 0 radical (unpaired) electrons. The van der Waals surface area contributed by atoms with Crippen molar-refractivity contribution in [3.05, 3.63) is 65.1 Å². The molecule has 2 aromatic rings.